The third kappa shape index (κ3) is 20.5. The quantitative estimate of drug-likeness (QED) is 0.178. The molecule has 6 rings (SSSR count). The Labute approximate surface area is 379 Å². The average molecular weight is 879 g/mol. The Kier molecular flexibility index (Phi) is 20.2. The molecule has 0 unspecified atom stereocenters. The second-order valence-electron chi connectivity index (χ2n) is 22.1. The van der Waals surface area contributed by atoms with Gasteiger partial charge in [-0.15, -0.1) is 0 Å². The summed E-state index contributed by atoms with van der Waals surface area (Å²) in [6.07, 6.45) is 7.08. The van der Waals surface area contributed by atoms with Crippen molar-refractivity contribution in [2.75, 3.05) is 0 Å². The highest BCUT2D eigenvalue weighted by Crippen LogP contribution is 2.24. The van der Waals surface area contributed by atoms with Gasteiger partial charge in [0, 0.05) is 95.0 Å². The Hall–Kier alpha value is -4.88. The Bertz CT molecular complexity index is 2080. The van der Waals surface area contributed by atoms with Gasteiger partial charge < -0.3 is 0 Å². The molecule has 0 aliphatic heterocycles. The lowest BCUT2D eigenvalue weighted by atomic mass is 9.92. The van der Waals surface area contributed by atoms with Crippen LogP contribution in [0, 0.1) is 13.8 Å². The fourth-order valence-electron chi connectivity index (χ4n) is 5.00. The molecule has 0 aliphatic carbocycles. The van der Waals surface area contributed by atoms with Crippen molar-refractivity contribution in [1.29, 1.82) is 0 Å². The SMILES string of the molecule is CC(C)(C)c1ccn(C(F)F)n1.CC(C)(C)c1ccn[nH]1.CCn1ccc(C(C)(C)C)n1.Cc1cc(C(C)(C)C)n[nH]1.Cc1cc(C(C)(C)C)nn1C.Cn1ccc(C(C)(C)C)n1. The molecule has 0 aromatic carbocycles. The standard InChI is InChI=1S/2C9H16N2.C8H12F2N2.2C8H14N2.C7H12N2/c1-7-6-8(9(2,3)4)10-11(7)5;1-5-11-7-6-8(10-11)9(2,3)4;1-8(2,3)6-4-5-12(11-6)7(9)10;1-8(2,3)7-5-6-10(4)9-7;1-6-5-7(10-9-6)8(2,3)4;1-7(2,3)6-4-5-8-9-6/h6H,1-5H3;6-7H,5H2,1-4H3;4-5,7H,1-3H3;5-6H,1-4H3;5H,1-4H3,(H,9,10);4-5H,1-3H3,(H,8,9). The first-order valence-corrected chi connectivity index (χ1v) is 21.9. The summed E-state index contributed by atoms with van der Waals surface area (Å²) in [6, 6.07) is 12.0. The molecule has 0 radical (unpaired) electrons. The minimum atomic E-state index is -2.54. The van der Waals surface area contributed by atoms with Crippen molar-refractivity contribution in [3.8, 4) is 0 Å². The van der Waals surface area contributed by atoms with Crippen molar-refractivity contribution >= 4 is 0 Å². The Balaban J connectivity index is 0.000000379. The number of rotatable bonds is 2. The van der Waals surface area contributed by atoms with E-state index in [-0.39, 0.29) is 32.5 Å². The maximum atomic E-state index is 12.1. The first-order valence-electron chi connectivity index (χ1n) is 21.9. The predicted octanol–water partition coefficient (Wildman–Crippen LogP) is 12.2. The topological polar surface area (TPSA) is 129 Å². The Morgan fingerprint density at radius 3 is 1.24 bits per heavy atom. The van der Waals surface area contributed by atoms with Gasteiger partial charge in [0.1, 0.15) is 0 Å². The number of aromatic nitrogens is 12. The van der Waals surface area contributed by atoms with Gasteiger partial charge in [-0.25, -0.2) is 4.68 Å². The number of aryl methyl sites for hydroxylation is 5. The number of H-pyrrole nitrogens is 2. The molecule has 0 atom stereocenters. The van der Waals surface area contributed by atoms with E-state index >= 15 is 0 Å². The van der Waals surface area contributed by atoms with Gasteiger partial charge in [0.05, 0.1) is 28.5 Å². The molecule has 6 heterocycles. The largest absolute Gasteiger partial charge is 0.333 e. The number of halogens is 2. The van der Waals surface area contributed by atoms with Crippen molar-refractivity contribution in [1.82, 2.24) is 59.5 Å². The minimum Gasteiger partial charge on any atom is -0.283 e. The summed E-state index contributed by atoms with van der Waals surface area (Å²) in [7, 11) is 3.92. The molecular formula is C49H84F2N12. The van der Waals surface area contributed by atoms with Crippen LogP contribution in [0.1, 0.15) is 184 Å². The molecule has 0 aliphatic rings. The Morgan fingerprint density at radius 2 is 1.02 bits per heavy atom. The van der Waals surface area contributed by atoms with Crippen molar-refractivity contribution in [3.05, 3.63) is 107 Å². The van der Waals surface area contributed by atoms with Crippen LogP contribution < -0.4 is 0 Å². The maximum Gasteiger partial charge on any atom is 0.333 e. The molecule has 0 spiro atoms. The summed E-state index contributed by atoms with van der Waals surface area (Å²) < 4.78 is 30.5. The third-order valence-corrected chi connectivity index (χ3v) is 9.46. The van der Waals surface area contributed by atoms with E-state index in [1.807, 2.05) is 74.3 Å². The second-order valence-corrected chi connectivity index (χ2v) is 22.1. The van der Waals surface area contributed by atoms with E-state index in [1.54, 1.807) is 12.3 Å². The van der Waals surface area contributed by atoms with Gasteiger partial charge in [0.2, 0.25) is 0 Å². The van der Waals surface area contributed by atoms with Gasteiger partial charge in [-0.05, 0) is 57.2 Å². The molecular weight excluding hydrogens is 795 g/mol. The fraction of sp³-hybridized carbons (Fsp3) is 0.633. The van der Waals surface area contributed by atoms with Crippen LogP contribution >= 0.6 is 0 Å². The molecule has 2 N–H and O–H groups in total. The van der Waals surface area contributed by atoms with Gasteiger partial charge >= 0.3 is 6.55 Å². The highest BCUT2D eigenvalue weighted by molar-refractivity contribution is 5.17. The van der Waals surface area contributed by atoms with E-state index in [2.05, 4.69) is 183 Å². The van der Waals surface area contributed by atoms with E-state index in [0.717, 1.165) is 29.3 Å². The van der Waals surface area contributed by atoms with Crippen LogP contribution in [0.2, 0.25) is 0 Å². The smallest absolute Gasteiger partial charge is 0.283 e. The molecule has 63 heavy (non-hydrogen) atoms. The summed E-state index contributed by atoms with van der Waals surface area (Å²) in [5.41, 5.74) is 9.57. The lowest BCUT2D eigenvalue weighted by Crippen LogP contribution is -2.13. The van der Waals surface area contributed by atoms with Crippen molar-refractivity contribution in [2.45, 2.75) is 191 Å². The van der Waals surface area contributed by atoms with Crippen LogP contribution in [-0.4, -0.2) is 59.5 Å². The molecule has 0 amide bonds. The zero-order valence-corrected chi connectivity index (χ0v) is 43.3. The highest BCUT2D eigenvalue weighted by Gasteiger charge is 2.20. The monoisotopic (exact) mass is 879 g/mol. The van der Waals surface area contributed by atoms with Crippen LogP contribution in [0.4, 0.5) is 8.78 Å². The summed E-state index contributed by atoms with van der Waals surface area (Å²) in [5, 5.41) is 30.7. The maximum absolute atomic E-state index is 12.1. The van der Waals surface area contributed by atoms with Gasteiger partial charge in [-0.3, -0.25) is 24.2 Å². The molecule has 354 valence electrons. The fourth-order valence-corrected chi connectivity index (χ4v) is 5.00. The molecule has 0 saturated heterocycles. The van der Waals surface area contributed by atoms with E-state index in [1.165, 1.54) is 23.3 Å². The number of nitrogens with one attached hydrogen (secondary N) is 2. The normalized spacial score (nSPS) is 12.1. The van der Waals surface area contributed by atoms with E-state index in [0.29, 0.717) is 10.4 Å². The number of nitrogens with zero attached hydrogens (tertiary/aromatic N) is 10. The molecule has 0 saturated carbocycles. The van der Waals surface area contributed by atoms with Gasteiger partial charge in [0.25, 0.3) is 0 Å². The summed E-state index contributed by atoms with van der Waals surface area (Å²) >= 11 is 0. The zero-order valence-electron chi connectivity index (χ0n) is 43.3. The predicted molar refractivity (Wildman–Crippen MR) is 257 cm³/mol. The first-order chi connectivity index (χ1) is 28.5. The van der Waals surface area contributed by atoms with E-state index < -0.39 is 6.55 Å². The van der Waals surface area contributed by atoms with Gasteiger partial charge in [0.15, 0.2) is 0 Å². The lowest BCUT2D eigenvalue weighted by molar-refractivity contribution is 0.0558. The van der Waals surface area contributed by atoms with Crippen LogP contribution in [0.15, 0.2) is 61.2 Å². The number of hydrogen-bond acceptors (Lipinski definition) is 6. The number of hydrogen-bond donors (Lipinski definition) is 2. The molecule has 0 fully saturated rings. The minimum absolute atomic E-state index is 0.167. The third-order valence-electron chi connectivity index (χ3n) is 9.46. The molecule has 6 aromatic heterocycles. The average Bonchev–Trinajstić information content (AvgIpc) is 3.97. The van der Waals surface area contributed by atoms with Crippen LogP contribution in [0.5, 0.6) is 0 Å². The summed E-state index contributed by atoms with van der Waals surface area (Å²) in [5.74, 6) is 0. The Morgan fingerprint density at radius 1 is 0.540 bits per heavy atom. The van der Waals surface area contributed by atoms with E-state index in [9.17, 15) is 8.78 Å². The van der Waals surface area contributed by atoms with Crippen molar-refractivity contribution in [2.24, 2.45) is 14.1 Å². The molecule has 0 bridgehead atoms. The molecule has 6 aromatic rings. The summed E-state index contributed by atoms with van der Waals surface area (Å²) in [4.78, 5) is 0. The second kappa shape index (κ2) is 22.7. The first kappa shape index (κ1) is 56.1. The highest BCUT2D eigenvalue weighted by atomic mass is 19.3. The van der Waals surface area contributed by atoms with Crippen molar-refractivity contribution < 1.29 is 8.78 Å². The number of aromatic amines is 2. The summed E-state index contributed by atoms with van der Waals surface area (Å²) in [6.45, 7) is 42.9. The molecule has 14 heteroatoms. The van der Waals surface area contributed by atoms with E-state index in [4.69, 9.17) is 0 Å². The van der Waals surface area contributed by atoms with Gasteiger partial charge in [-0.2, -0.15) is 39.4 Å². The van der Waals surface area contributed by atoms with Crippen molar-refractivity contribution in [3.63, 3.8) is 0 Å². The van der Waals surface area contributed by atoms with Crippen LogP contribution in [0.25, 0.3) is 0 Å². The van der Waals surface area contributed by atoms with Gasteiger partial charge in [-0.1, -0.05) is 125 Å². The zero-order chi connectivity index (χ0) is 48.9. The lowest BCUT2D eigenvalue weighted by Gasteiger charge is -2.14. The number of alkyl halides is 2. The molecule has 12 nitrogen and oxygen atoms in total. The van der Waals surface area contributed by atoms with Crippen LogP contribution in [-0.2, 0) is 53.1 Å². The van der Waals surface area contributed by atoms with Crippen LogP contribution in [0.3, 0.4) is 0 Å².